The fraction of sp³-hybridized carbons (Fsp3) is 0.600. The minimum Gasteiger partial charge on any atom is -0.378 e. The van der Waals surface area contributed by atoms with Crippen molar-refractivity contribution < 1.29 is 13.2 Å². The van der Waals surface area contributed by atoms with Crippen LogP contribution in [0.3, 0.4) is 0 Å². The summed E-state index contributed by atoms with van der Waals surface area (Å²) in [5.74, 6) is 0. The number of nitrogens with one attached hydrogen (secondary N) is 1. The lowest BCUT2D eigenvalue weighted by atomic mass is 9.90. The summed E-state index contributed by atoms with van der Waals surface area (Å²) in [5.41, 5.74) is 8.19. The van der Waals surface area contributed by atoms with E-state index in [0.717, 1.165) is 29.5 Å². The molecule has 1 aliphatic rings. The average Bonchev–Trinajstić information content (AvgIpc) is 2.39. The van der Waals surface area contributed by atoms with Crippen LogP contribution < -0.4 is 10.5 Å². The van der Waals surface area contributed by atoms with Gasteiger partial charge in [-0.15, -0.1) is 0 Å². The Bertz CT molecular complexity index is 608. The van der Waals surface area contributed by atoms with Crippen LogP contribution in [0.1, 0.15) is 36.5 Å². The van der Waals surface area contributed by atoms with Crippen molar-refractivity contribution >= 4 is 10.0 Å². The van der Waals surface area contributed by atoms with Gasteiger partial charge in [0, 0.05) is 19.2 Å². The summed E-state index contributed by atoms with van der Waals surface area (Å²) in [6.45, 7) is 6.68. The van der Waals surface area contributed by atoms with E-state index in [9.17, 15) is 8.42 Å². The van der Waals surface area contributed by atoms with Crippen LogP contribution in [0.25, 0.3) is 0 Å². The smallest absolute Gasteiger partial charge is 0.241 e. The van der Waals surface area contributed by atoms with Gasteiger partial charge in [-0.1, -0.05) is 6.07 Å². The molecule has 1 aromatic rings. The molecule has 1 saturated carbocycles. The molecule has 0 aliphatic heterocycles. The van der Waals surface area contributed by atoms with Gasteiger partial charge in [0.15, 0.2) is 0 Å². The molecular formula is C15H24N2O3S. The highest BCUT2D eigenvalue weighted by Gasteiger charge is 2.33. The van der Waals surface area contributed by atoms with E-state index in [1.165, 1.54) is 0 Å². The molecule has 0 radical (unpaired) electrons. The Kier molecular flexibility index (Phi) is 5.03. The lowest BCUT2D eigenvalue weighted by Crippen LogP contribution is -2.47. The van der Waals surface area contributed by atoms with E-state index in [1.54, 1.807) is 6.07 Å². The molecule has 1 aliphatic carbocycles. The van der Waals surface area contributed by atoms with E-state index in [0.29, 0.717) is 18.0 Å². The van der Waals surface area contributed by atoms with Crippen LogP contribution in [0.4, 0.5) is 0 Å². The summed E-state index contributed by atoms with van der Waals surface area (Å²) in [5, 5.41) is 0. The Morgan fingerprint density at radius 3 is 2.57 bits per heavy atom. The fourth-order valence-corrected chi connectivity index (χ4v) is 4.24. The minimum absolute atomic E-state index is 0.0345. The van der Waals surface area contributed by atoms with E-state index < -0.39 is 10.0 Å². The average molecular weight is 312 g/mol. The van der Waals surface area contributed by atoms with E-state index >= 15 is 0 Å². The summed E-state index contributed by atoms with van der Waals surface area (Å²) in [7, 11) is -3.51. The highest BCUT2D eigenvalue weighted by Crippen LogP contribution is 2.27. The van der Waals surface area contributed by atoms with E-state index in [4.69, 9.17) is 10.5 Å². The zero-order valence-electron chi connectivity index (χ0n) is 12.8. The monoisotopic (exact) mass is 312 g/mol. The number of benzene rings is 1. The molecule has 3 N–H and O–H groups in total. The highest BCUT2D eigenvalue weighted by atomic mass is 32.2. The van der Waals surface area contributed by atoms with Crippen molar-refractivity contribution in [2.75, 3.05) is 6.61 Å². The van der Waals surface area contributed by atoms with Crippen molar-refractivity contribution in [2.24, 2.45) is 5.73 Å². The van der Waals surface area contributed by atoms with Gasteiger partial charge in [0.1, 0.15) is 0 Å². The first-order chi connectivity index (χ1) is 9.87. The summed E-state index contributed by atoms with van der Waals surface area (Å²) in [4.78, 5) is 0.336. The molecule has 1 aromatic carbocycles. The molecule has 0 unspecified atom stereocenters. The van der Waals surface area contributed by atoms with Gasteiger partial charge >= 0.3 is 0 Å². The molecule has 2 rings (SSSR count). The zero-order valence-corrected chi connectivity index (χ0v) is 13.7. The molecule has 0 atom stereocenters. The molecule has 1 fully saturated rings. The Morgan fingerprint density at radius 1 is 1.33 bits per heavy atom. The second kappa shape index (κ2) is 6.44. The van der Waals surface area contributed by atoms with Crippen LogP contribution in [-0.2, 0) is 21.3 Å². The first-order valence-electron chi connectivity index (χ1n) is 7.31. The highest BCUT2D eigenvalue weighted by molar-refractivity contribution is 7.89. The van der Waals surface area contributed by atoms with Crippen molar-refractivity contribution in [1.29, 1.82) is 0 Å². The van der Waals surface area contributed by atoms with E-state index in [-0.39, 0.29) is 12.1 Å². The van der Waals surface area contributed by atoms with Gasteiger partial charge < -0.3 is 10.5 Å². The van der Waals surface area contributed by atoms with Gasteiger partial charge in [-0.2, -0.15) is 0 Å². The second-order valence-corrected chi connectivity index (χ2v) is 7.29. The Morgan fingerprint density at radius 2 is 2.00 bits per heavy atom. The number of aryl methyl sites for hydroxylation is 1. The predicted molar refractivity (Wildman–Crippen MR) is 82.6 cm³/mol. The van der Waals surface area contributed by atoms with Crippen LogP contribution in [0.5, 0.6) is 0 Å². The number of rotatable bonds is 6. The summed E-state index contributed by atoms with van der Waals surface area (Å²) < 4.78 is 33.3. The largest absolute Gasteiger partial charge is 0.378 e. The topological polar surface area (TPSA) is 81.4 Å². The summed E-state index contributed by atoms with van der Waals surface area (Å²) in [6, 6.07) is 3.57. The number of ether oxygens (including phenoxy) is 1. The fourth-order valence-electron chi connectivity index (χ4n) is 2.61. The molecule has 0 aromatic heterocycles. The molecule has 5 nitrogen and oxygen atoms in total. The Hall–Kier alpha value is -0.950. The Labute approximate surface area is 126 Å². The van der Waals surface area contributed by atoms with Gasteiger partial charge in [0.05, 0.1) is 11.0 Å². The molecule has 118 valence electrons. The first-order valence-corrected chi connectivity index (χ1v) is 8.79. The van der Waals surface area contributed by atoms with Crippen LogP contribution >= 0.6 is 0 Å². The third kappa shape index (κ3) is 3.63. The third-order valence-corrected chi connectivity index (χ3v) is 5.67. The van der Waals surface area contributed by atoms with Crippen molar-refractivity contribution in [3.05, 3.63) is 28.8 Å². The van der Waals surface area contributed by atoms with Crippen molar-refractivity contribution in [2.45, 2.75) is 57.2 Å². The van der Waals surface area contributed by atoms with Crippen LogP contribution in [0.2, 0.25) is 0 Å². The normalized spacial score (nSPS) is 22.1. The number of hydrogen-bond donors (Lipinski definition) is 2. The van der Waals surface area contributed by atoms with Crippen LogP contribution in [0.15, 0.2) is 17.0 Å². The van der Waals surface area contributed by atoms with Gasteiger partial charge in [0.2, 0.25) is 10.0 Å². The lowest BCUT2D eigenvalue weighted by molar-refractivity contribution is -0.00476. The molecule has 0 spiro atoms. The second-order valence-electron chi connectivity index (χ2n) is 5.61. The summed E-state index contributed by atoms with van der Waals surface area (Å²) in [6.07, 6.45) is 1.66. The number of hydrogen-bond acceptors (Lipinski definition) is 4. The molecule has 0 saturated heterocycles. The molecular weight excluding hydrogens is 288 g/mol. The van der Waals surface area contributed by atoms with E-state index in [2.05, 4.69) is 4.72 Å². The van der Waals surface area contributed by atoms with Gasteiger partial charge in [-0.05, 0) is 56.4 Å². The minimum atomic E-state index is -3.51. The van der Waals surface area contributed by atoms with Crippen molar-refractivity contribution in [3.8, 4) is 0 Å². The Balaban J connectivity index is 2.15. The molecule has 21 heavy (non-hydrogen) atoms. The molecule has 0 amide bonds. The van der Waals surface area contributed by atoms with Gasteiger partial charge in [-0.3, -0.25) is 0 Å². The molecule has 6 heteroatoms. The van der Waals surface area contributed by atoms with Gasteiger partial charge in [-0.25, -0.2) is 13.1 Å². The molecule has 0 bridgehead atoms. The SMILES string of the molecule is CCOC1CC(NS(=O)(=O)c2cc(CN)cc(C)c2C)C1. The standard InChI is InChI=1S/C15H24N2O3S/c1-4-20-14-7-13(8-14)17-21(18,19)15-6-12(9-16)5-10(2)11(15)3/h5-6,13-14,17H,4,7-9,16H2,1-3H3. The predicted octanol–water partition coefficient (Wildman–Crippen LogP) is 1.61. The number of sulfonamides is 1. The maximum absolute atomic E-state index is 12.5. The maximum atomic E-state index is 12.5. The quantitative estimate of drug-likeness (QED) is 0.836. The molecule has 0 heterocycles. The maximum Gasteiger partial charge on any atom is 0.241 e. The number of nitrogens with two attached hydrogens (primary N) is 1. The van der Waals surface area contributed by atoms with E-state index in [1.807, 2.05) is 26.8 Å². The van der Waals surface area contributed by atoms with Crippen LogP contribution in [-0.4, -0.2) is 27.2 Å². The first kappa shape index (κ1) is 16.4. The van der Waals surface area contributed by atoms with Crippen LogP contribution in [0, 0.1) is 13.8 Å². The summed E-state index contributed by atoms with van der Waals surface area (Å²) >= 11 is 0. The zero-order chi connectivity index (χ0) is 15.6. The van der Waals surface area contributed by atoms with Gasteiger partial charge in [0.25, 0.3) is 0 Å². The lowest BCUT2D eigenvalue weighted by Gasteiger charge is -2.35. The van der Waals surface area contributed by atoms with Crippen molar-refractivity contribution in [3.63, 3.8) is 0 Å². The third-order valence-electron chi connectivity index (χ3n) is 4.02. The van der Waals surface area contributed by atoms with Crippen molar-refractivity contribution in [1.82, 2.24) is 4.72 Å².